The van der Waals surface area contributed by atoms with Gasteiger partial charge < -0.3 is 16.4 Å². The standard InChI is InChI=1S/C16H14N6O2/c17-16(24)21-13-3-1-2-12(8-13)20-15(23)11-4-5-14(19-9-11)22-7-6-18-10-22/h1-10H,(H,20,23)(H3,17,21,24). The van der Waals surface area contributed by atoms with Crippen molar-refractivity contribution in [2.75, 3.05) is 10.6 Å². The summed E-state index contributed by atoms with van der Waals surface area (Å²) in [7, 11) is 0. The van der Waals surface area contributed by atoms with E-state index in [4.69, 9.17) is 5.73 Å². The molecule has 2 heterocycles. The number of aromatic nitrogens is 3. The van der Waals surface area contributed by atoms with Crippen LogP contribution in [0.5, 0.6) is 0 Å². The summed E-state index contributed by atoms with van der Waals surface area (Å²) in [5.74, 6) is 0.354. The molecule has 3 amide bonds. The van der Waals surface area contributed by atoms with Crippen LogP contribution in [-0.4, -0.2) is 26.5 Å². The highest BCUT2D eigenvalue weighted by Gasteiger charge is 2.08. The van der Waals surface area contributed by atoms with Gasteiger partial charge in [0, 0.05) is 30.0 Å². The Balaban J connectivity index is 1.72. The lowest BCUT2D eigenvalue weighted by Gasteiger charge is -2.08. The second-order valence-corrected chi connectivity index (χ2v) is 4.90. The maximum Gasteiger partial charge on any atom is 0.316 e. The summed E-state index contributed by atoms with van der Waals surface area (Å²) in [6.45, 7) is 0. The number of pyridine rings is 1. The van der Waals surface area contributed by atoms with Crippen molar-refractivity contribution in [1.29, 1.82) is 0 Å². The number of hydrogen-bond donors (Lipinski definition) is 3. The molecule has 4 N–H and O–H groups in total. The fourth-order valence-electron chi connectivity index (χ4n) is 2.09. The molecule has 0 atom stereocenters. The second-order valence-electron chi connectivity index (χ2n) is 4.90. The third kappa shape index (κ3) is 3.55. The number of nitrogens with one attached hydrogen (secondary N) is 2. The average Bonchev–Trinajstić information content (AvgIpc) is 3.09. The van der Waals surface area contributed by atoms with E-state index in [9.17, 15) is 9.59 Å². The molecule has 0 unspecified atom stereocenters. The topological polar surface area (TPSA) is 115 Å². The van der Waals surface area contributed by atoms with Crippen LogP contribution >= 0.6 is 0 Å². The Morgan fingerprint density at radius 2 is 1.88 bits per heavy atom. The first kappa shape index (κ1) is 15.2. The van der Waals surface area contributed by atoms with Crippen molar-refractivity contribution in [3.63, 3.8) is 0 Å². The molecule has 8 nitrogen and oxygen atoms in total. The van der Waals surface area contributed by atoms with Crippen LogP contribution in [0.1, 0.15) is 10.4 Å². The van der Waals surface area contributed by atoms with E-state index in [2.05, 4.69) is 20.6 Å². The number of nitrogens with two attached hydrogens (primary N) is 1. The zero-order valence-corrected chi connectivity index (χ0v) is 12.5. The Bertz CT molecular complexity index is 859. The molecule has 0 aliphatic rings. The minimum absolute atomic E-state index is 0.309. The molecule has 3 aromatic rings. The zero-order valence-electron chi connectivity index (χ0n) is 12.5. The Labute approximate surface area is 137 Å². The van der Waals surface area contributed by atoms with Crippen LogP contribution in [0.25, 0.3) is 5.82 Å². The second kappa shape index (κ2) is 6.61. The first-order valence-electron chi connectivity index (χ1n) is 7.04. The van der Waals surface area contributed by atoms with Crippen molar-refractivity contribution in [3.05, 3.63) is 66.9 Å². The highest BCUT2D eigenvalue weighted by molar-refractivity contribution is 6.04. The molecule has 0 fully saturated rings. The summed E-state index contributed by atoms with van der Waals surface area (Å²) in [4.78, 5) is 31.3. The molecule has 24 heavy (non-hydrogen) atoms. The minimum Gasteiger partial charge on any atom is -0.351 e. The van der Waals surface area contributed by atoms with Crippen LogP contribution in [-0.2, 0) is 0 Å². The third-order valence-electron chi connectivity index (χ3n) is 3.17. The number of primary amides is 1. The van der Waals surface area contributed by atoms with Crippen molar-refractivity contribution < 1.29 is 9.59 Å². The molecule has 0 aliphatic heterocycles. The largest absolute Gasteiger partial charge is 0.351 e. The predicted molar refractivity (Wildman–Crippen MR) is 89.0 cm³/mol. The van der Waals surface area contributed by atoms with E-state index in [0.29, 0.717) is 22.8 Å². The van der Waals surface area contributed by atoms with Gasteiger partial charge in [-0.1, -0.05) is 6.07 Å². The molecule has 0 aliphatic carbocycles. The molecule has 3 rings (SSSR count). The number of carbonyl (C=O) groups is 2. The number of imidazole rings is 1. The van der Waals surface area contributed by atoms with E-state index in [1.54, 1.807) is 59.7 Å². The lowest BCUT2D eigenvalue weighted by atomic mass is 10.2. The molecule has 0 spiro atoms. The number of anilines is 2. The maximum absolute atomic E-state index is 12.3. The van der Waals surface area contributed by atoms with Crippen LogP contribution in [0.3, 0.4) is 0 Å². The molecule has 1 aromatic carbocycles. The highest BCUT2D eigenvalue weighted by atomic mass is 16.2. The smallest absolute Gasteiger partial charge is 0.316 e. The van der Waals surface area contributed by atoms with Crippen molar-refractivity contribution in [1.82, 2.24) is 14.5 Å². The maximum atomic E-state index is 12.3. The molecule has 0 bridgehead atoms. The van der Waals surface area contributed by atoms with E-state index >= 15 is 0 Å². The average molecular weight is 322 g/mol. The number of carbonyl (C=O) groups excluding carboxylic acids is 2. The molecule has 120 valence electrons. The van der Waals surface area contributed by atoms with E-state index in [-0.39, 0.29) is 5.91 Å². The number of rotatable bonds is 4. The Morgan fingerprint density at radius 3 is 2.50 bits per heavy atom. The predicted octanol–water partition coefficient (Wildman–Crippen LogP) is 2.01. The summed E-state index contributed by atoms with van der Waals surface area (Å²) < 4.78 is 1.74. The van der Waals surface area contributed by atoms with Crippen molar-refractivity contribution in [3.8, 4) is 5.82 Å². The van der Waals surface area contributed by atoms with E-state index < -0.39 is 6.03 Å². The number of nitrogens with zero attached hydrogens (tertiary/aromatic N) is 3. The van der Waals surface area contributed by atoms with Gasteiger partial charge in [0.25, 0.3) is 5.91 Å². The number of urea groups is 1. The number of benzene rings is 1. The molecule has 0 saturated heterocycles. The summed E-state index contributed by atoms with van der Waals surface area (Å²) >= 11 is 0. The van der Waals surface area contributed by atoms with Gasteiger partial charge >= 0.3 is 6.03 Å². The Kier molecular flexibility index (Phi) is 4.19. The summed E-state index contributed by atoms with van der Waals surface area (Å²) in [6, 6.07) is 9.40. The first-order valence-corrected chi connectivity index (χ1v) is 7.04. The van der Waals surface area contributed by atoms with Gasteiger partial charge in [-0.05, 0) is 30.3 Å². The van der Waals surface area contributed by atoms with Crippen LogP contribution in [0.2, 0.25) is 0 Å². The van der Waals surface area contributed by atoms with Gasteiger partial charge in [0.15, 0.2) is 0 Å². The van der Waals surface area contributed by atoms with Crippen LogP contribution in [0.4, 0.5) is 16.2 Å². The molecule has 2 aromatic heterocycles. The van der Waals surface area contributed by atoms with Gasteiger partial charge in [-0.15, -0.1) is 0 Å². The fraction of sp³-hybridized carbons (Fsp3) is 0. The van der Waals surface area contributed by atoms with E-state index in [1.165, 1.54) is 6.20 Å². The van der Waals surface area contributed by atoms with Crippen molar-refractivity contribution in [2.45, 2.75) is 0 Å². The molecule has 8 heteroatoms. The van der Waals surface area contributed by atoms with Crippen molar-refractivity contribution >= 4 is 23.3 Å². The van der Waals surface area contributed by atoms with Gasteiger partial charge in [-0.25, -0.2) is 14.8 Å². The lowest BCUT2D eigenvalue weighted by Crippen LogP contribution is -2.19. The first-order chi connectivity index (χ1) is 11.6. The molecule has 0 saturated carbocycles. The molecular formula is C16H14N6O2. The van der Waals surface area contributed by atoms with Gasteiger partial charge in [0.1, 0.15) is 12.1 Å². The summed E-state index contributed by atoms with van der Waals surface area (Å²) in [5, 5.41) is 5.18. The van der Waals surface area contributed by atoms with Crippen LogP contribution in [0.15, 0.2) is 61.3 Å². The van der Waals surface area contributed by atoms with Gasteiger partial charge in [-0.3, -0.25) is 9.36 Å². The normalized spacial score (nSPS) is 10.2. The molecule has 0 radical (unpaired) electrons. The summed E-state index contributed by atoms with van der Waals surface area (Å²) in [6.07, 6.45) is 6.52. The quantitative estimate of drug-likeness (QED) is 0.681. The minimum atomic E-state index is -0.669. The Morgan fingerprint density at radius 1 is 1.08 bits per heavy atom. The monoisotopic (exact) mass is 322 g/mol. The Hall–Kier alpha value is -3.68. The van der Waals surface area contributed by atoms with E-state index in [1.807, 2.05) is 0 Å². The van der Waals surface area contributed by atoms with Gasteiger partial charge in [-0.2, -0.15) is 0 Å². The SMILES string of the molecule is NC(=O)Nc1cccc(NC(=O)c2ccc(-n3ccnc3)nc2)c1. The van der Waals surface area contributed by atoms with Crippen LogP contribution < -0.4 is 16.4 Å². The summed E-state index contributed by atoms with van der Waals surface area (Å²) in [5.41, 5.74) is 6.51. The lowest BCUT2D eigenvalue weighted by molar-refractivity contribution is 0.102. The third-order valence-corrected chi connectivity index (χ3v) is 3.17. The molecular weight excluding hydrogens is 308 g/mol. The van der Waals surface area contributed by atoms with Gasteiger partial charge in [0.2, 0.25) is 0 Å². The fourth-order valence-corrected chi connectivity index (χ4v) is 2.09. The highest BCUT2D eigenvalue weighted by Crippen LogP contribution is 2.16. The number of hydrogen-bond acceptors (Lipinski definition) is 4. The van der Waals surface area contributed by atoms with Crippen LogP contribution in [0, 0.1) is 0 Å². The number of amides is 3. The van der Waals surface area contributed by atoms with Crippen molar-refractivity contribution in [2.24, 2.45) is 5.73 Å². The van der Waals surface area contributed by atoms with E-state index in [0.717, 1.165) is 0 Å². The van der Waals surface area contributed by atoms with Gasteiger partial charge in [0.05, 0.1) is 5.56 Å². The zero-order chi connectivity index (χ0) is 16.9.